The number of rotatable bonds is 11. The van der Waals surface area contributed by atoms with Gasteiger partial charge in [-0.05, 0) is 31.4 Å². The number of carbonyl (C=O) groups excluding carboxylic acids is 1. The summed E-state index contributed by atoms with van der Waals surface area (Å²) in [6.07, 6.45) is 5.37. The van der Waals surface area contributed by atoms with Gasteiger partial charge in [-0.1, -0.05) is 103 Å². The largest absolute Gasteiger partial charge is 0.353 e. The Bertz CT molecular complexity index is 1230. The fourth-order valence-corrected chi connectivity index (χ4v) is 4.98. The van der Waals surface area contributed by atoms with Gasteiger partial charge in [-0.3, -0.25) is 4.79 Å². The van der Waals surface area contributed by atoms with Crippen LogP contribution in [0, 0.1) is 0 Å². The van der Waals surface area contributed by atoms with Crippen molar-refractivity contribution >= 4 is 23.7 Å². The molecule has 1 heterocycles. The number of nitrogens with zero attached hydrogens (tertiary/aromatic N) is 2. The maximum absolute atomic E-state index is 12.0. The van der Waals surface area contributed by atoms with Crippen LogP contribution in [0.4, 0.5) is 0 Å². The number of hydrogen-bond donors (Lipinski definition) is 1. The third-order valence-corrected chi connectivity index (χ3v) is 6.73. The van der Waals surface area contributed by atoms with E-state index in [1.165, 1.54) is 11.3 Å². The van der Waals surface area contributed by atoms with Gasteiger partial charge in [-0.15, -0.1) is 0 Å². The molecule has 1 aromatic heterocycles. The van der Waals surface area contributed by atoms with Gasteiger partial charge in [0.1, 0.15) is 0 Å². The molecule has 0 bridgehead atoms. The second-order valence-corrected chi connectivity index (χ2v) is 9.22. The molecule has 5 heteroatoms. The topological polar surface area (TPSA) is 46.9 Å². The van der Waals surface area contributed by atoms with E-state index in [1.54, 1.807) is 17.8 Å². The van der Waals surface area contributed by atoms with E-state index in [9.17, 15) is 4.79 Å². The molecule has 1 amide bonds. The van der Waals surface area contributed by atoms with Crippen molar-refractivity contribution in [1.29, 1.82) is 0 Å². The number of thioether (sulfide) groups is 1. The lowest BCUT2D eigenvalue weighted by atomic mass is 10.0. The van der Waals surface area contributed by atoms with Crippen molar-refractivity contribution in [1.82, 2.24) is 14.9 Å². The van der Waals surface area contributed by atoms with Crippen molar-refractivity contribution in [2.45, 2.75) is 31.5 Å². The van der Waals surface area contributed by atoms with Crippen molar-refractivity contribution in [3.05, 3.63) is 103 Å². The molecular formula is C30H31N3OS. The Labute approximate surface area is 212 Å². The fourth-order valence-electron chi connectivity index (χ4n) is 3.92. The standard InChI is InChI=1S/C30H31N3OS/c1-2-33-29(26-18-10-5-11-19-26)28(25-16-8-4-9-17-25)32-30(33)35-23-13-12-22-31-27(34)21-20-24-14-6-3-7-15-24/h3-11,14-21H,2,12-13,22-23H2,1H3,(H,31,34). The van der Waals surface area contributed by atoms with Crippen LogP contribution < -0.4 is 5.32 Å². The lowest BCUT2D eigenvalue weighted by Gasteiger charge is -2.11. The summed E-state index contributed by atoms with van der Waals surface area (Å²) in [5.74, 6) is 0.901. The number of benzene rings is 3. The smallest absolute Gasteiger partial charge is 0.243 e. The minimum Gasteiger partial charge on any atom is -0.353 e. The highest BCUT2D eigenvalue weighted by Gasteiger charge is 2.19. The molecule has 4 aromatic rings. The van der Waals surface area contributed by atoms with Crippen LogP contribution in [0.25, 0.3) is 28.6 Å². The molecule has 0 radical (unpaired) electrons. The van der Waals surface area contributed by atoms with E-state index in [0.717, 1.165) is 47.1 Å². The first-order valence-corrected chi connectivity index (χ1v) is 13.1. The minimum absolute atomic E-state index is 0.0527. The zero-order chi connectivity index (χ0) is 24.3. The molecule has 4 rings (SSSR count). The Balaban J connectivity index is 1.35. The van der Waals surface area contributed by atoms with Crippen molar-refractivity contribution in [2.75, 3.05) is 12.3 Å². The zero-order valence-corrected chi connectivity index (χ0v) is 20.9. The van der Waals surface area contributed by atoms with Gasteiger partial charge in [-0.25, -0.2) is 4.98 Å². The van der Waals surface area contributed by atoms with E-state index >= 15 is 0 Å². The Hall–Kier alpha value is -3.57. The van der Waals surface area contributed by atoms with E-state index in [-0.39, 0.29) is 5.91 Å². The Morgan fingerprint density at radius 3 is 2.17 bits per heavy atom. The number of aromatic nitrogens is 2. The van der Waals surface area contributed by atoms with Crippen LogP contribution in [0.2, 0.25) is 0 Å². The van der Waals surface area contributed by atoms with Gasteiger partial charge in [0.25, 0.3) is 0 Å². The van der Waals surface area contributed by atoms with Gasteiger partial charge in [0, 0.05) is 36.0 Å². The van der Waals surface area contributed by atoms with Crippen LogP contribution >= 0.6 is 11.8 Å². The van der Waals surface area contributed by atoms with Crippen LogP contribution in [0.1, 0.15) is 25.3 Å². The van der Waals surface area contributed by atoms with Gasteiger partial charge < -0.3 is 9.88 Å². The SMILES string of the molecule is CCn1c(SCCCCNC(=O)C=Cc2ccccc2)nc(-c2ccccc2)c1-c1ccccc1. The molecule has 0 aliphatic carbocycles. The third-order valence-electron chi connectivity index (χ3n) is 5.67. The number of unbranched alkanes of at least 4 members (excludes halogenated alkanes) is 1. The van der Waals surface area contributed by atoms with Crippen LogP contribution in [0.3, 0.4) is 0 Å². The normalized spacial score (nSPS) is 11.1. The molecule has 0 spiro atoms. The highest BCUT2D eigenvalue weighted by molar-refractivity contribution is 7.99. The first-order chi connectivity index (χ1) is 17.3. The summed E-state index contributed by atoms with van der Waals surface area (Å²) < 4.78 is 2.32. The van der Waals surface area contributed by atoms with Crippen LogP contribution in [-0.2, 0) is 11.3 Å². The second-order valence-electron chi connectivity index (χ2n) is 8.16. The quantitative estimate of drug-likeness (QED) is 0.143. The molecule has 4 nitrogen and oxygen atoms in total. The van der Waals surface area contributed by atoms with E-state index in [1.807, 2.05) is 48.5 Å². The number of nitrogens with one attached hydrogen (secondary N) is 1. The van der Waals surface area contributed by atoms with Gasteiger partial charge in [0.05, 0.1) is 11.4 Å². The maximum Gasteiger partial charge on any atom is 0.243 e. The van der Waals surface area contributed by atoms with Crippen molar-refractivity contribution in [3.63, 3.8) is 0 Å². The van der Waals surface area contributed by atoms with Gasteiger partial charge in [0.2, 0.25) is 5.91 Å². The first kappa shape index (κ1) is 24.6. The molecule has 0 saturated carbocycles. The van der Waals surface area contributed by atoms with E-state index in [2.05, 4.69) is 65.3 Å². The van der Waals surface area contributed by atoms with E-state index < -0.39 is 0 Å². The number of carbonyl (C=O) groups is 1. The molecular weight excluding hydrogens is 450 g/mol. The van der Waals surface area contributed by atoms with Crippen LogP contribution in [0.5, 0.6) is 0 Å². The molecule has 1 N–H and O–H groups in total. The molecule has 178 valence electrons. The summed E-state index contributed by atoms with van der Waals surface area (Å²) in [6.45, 7) is 3.70. The van der Waals surface area contributed by atoms with Gasteiger partial charge in [-0.2, -0.15) is 0 Å². The number of amides is 1. The molecule has 0 aliphatic heterocycles. The lowest BCUT2D eigenvalue weighted by molar-refractivity contribution is -0.116. The molecule has 0 fully saturated rings. The molecule has 0 atom stereocenters. The van der Waals surface area contributed by atoms with Crippen LogP contribution in [-0.4, -0.2) is 27.8 Å². The predicted molar refractivity (Wildman–Crippen MR) is 147 cm³/mol. The average molecular weight is 482 g/mol. The Morgan fingerprint density at radius 1 is 0.886 bits per heavy atom. The van der Waals surface area contributed by atoms with Crippen molar-refractivity contribution in [2.24, 2.45) is 0 Å². The second kappa shape index (κ2) is 12.8. The highest BCUT2D eigenvalue weighted by Crippen LogP contribution is 2.36. The predicted octanol–water partition coefficient (Wildman–Crippen LogP) is 6.94. The summed E-state index contributed by atoms with van der Waals surface area (Å²) in [5, 5.41) is 4.02. The van der Waals surface area contributed by atoms with Crippen molar-refractivity contribution < 1.29 is 4.79 Å². The summed E-state index contributed by atoms with van der Waals surface area (Å²) in [5.41, 5.74) is 5.53. The highest BCUT2D eigenvalue weighted by atomic mass is 32.2. The van der Waals surface area contributed by atoms with Crippen LogP contribution in [0.15, 0.2) is 102 Å². The monoisotopic (exact) mass is 481 g/mol. The minimum atomic E-state index is -0.0527. The lowest BCUT2D eigenvalue weighted by Crippen LogP contribution is -2.22. The molecule has 35 heavy (non-hydrogen) atoms. The third kappa shape index (κ3) is 6.74. The Morgan fingerprint density at radius 2 is 1.51 bits per heavy atom. The number of imidazole rings is 1. The summed E-state index contributed by atoms with van der Waals surface area (Å²) >= 11 is 1.79. The maximum atomic E-state index is 12.0. The summed E-state index contributed by atoms with van der Waals surface area (Å²) in [7, 11) is 0. The molecule has 0 unspecified atom stereocenters. The van der Waals surface area contributed by atoms with Crippen molar-refractivity contribution in [3.8, 4) is 22.5 Å². The van der Waals surface area contributed by atoms with E-state index in [4.69, 9.17) is 4.98 Å². The average Bonchev–Trinajstić information content (AvgIpc) is 3.29. The zero-order valence-electron chi connectivity index (χ0n) is 20.1. The fraction of sp³-hybridized carbons (Fsp3) is 0.200. The molecule has 3 aromatic carbocycles. The molecule has 0 aliphatic rings. The summed E-state index contributed by atoms with van der Waals surface area (Å²) in [4.78, 5) is 17.1. The number of hydrogen-bond acceptors (Lipinski definition) is 3. The van der Waals surface area contributed by atoms with Gasteiger partial charge >= 0.3 is 0 Å². The van der Waals surface area contributed by atoms with Gasteiger partial charge in [0.15, 0.2) is 5.16 Å². The summed E-state index contributed by atoms with van der Waals surface area (Å²) in [6, 6.07) is 30.8. The molecule has 0 saturated heterocycles. The Kier molecular flexibility index (Phi) is 8.96. The first-order valence-electron chi connectivity index (χ1n) is 12.1. The van der Waals surface area contributed by atoms with E-state index in [0.29, 0.717) is 6.54 Å².